The van der Waals surface area contributed by atoms with Crippen LogP contribution in [0.15, 0.2) is 40.9 Å². The maximum absolute atomic E-state index is 11.8. The summed E-state index contributed by atoms with van der Waals surface area (Å²) in [4.78, 5) is 16.4. The molecule has 7 heteroatoms. The fraction of sp³-hybridized carbons (Fsp3) is 0.333. The monoisotopic (exact) mass is 416 g/mol. The minimum absolute atomic E-state index is 0.0143. The van der Waals surface area contributed by atoms with E-state index in [1.165, 1.54) is 0 Å². The number of nitrogens with one attached hydrogen (secondary N) is 1. The summed E-state index contributed by atoms with van der Waals surface area (Å²) in [7, 11) is 0. The highest BCUT2D eigenvalue weighted by Gasteiger charge is 2.27. The van der Waals surface area contributed by atoms with E-state index in [2.05, 4.69) is 21.5 Å². The Hall–Kier alpha value is -3.66. The molecular formula is C24H24N4O3. The quantitative estimate of drug-likeness (QED) is 0.631. The van der Waals surface area contributed by atoms with Crippen LogP contribution in [0.3, 0.4) is 0 Å². The van der Waals surface area contributed by atoms with E-state index in [0.29, 0.717) is 35.0 Å². The Morgan fingerprint density at radius 3 is 2.94 bits per heavy atom. The van der Waals surface area contributed by atoms with Crippen molar-refractivity contribution in [3.63, 3.8) is 0 Å². The minimum Gasteiger partial charge on any atom is -0.490 e. The van der Waals surface area contributed by atoms with Crippen LogP contribution in [0.4, 0.5) is 0 Å². The van der Waals surface area contributed by atoms with Gasteiger partial charge in [-0.2, -0.15) is 10.2 Å². The molecule has 7 nitrogen and oxygen atoms in total. The number of fused-ring (bicyclic) bond motifs is 1. The molecule has 0 fully saturated rings. The molecule has 1 N–H and O–H groups in total. The van der Waals surface area contributed by atoms with Gasteiger partial charge in [0, 0.05) is 17.5 Å². The predicted molar refractivity (Wildman–Crippen MR) is 115 cm³/mol. The number of aromatic nitrogens is 2. The zero-order valence-electron chi connectivity index (χ0n) is 17.8. The summed E-state index contributed by atoms with van der Waals surface area (Å²) in [6.07, 6.45) is 2.13. The summed E-state index contributed by atoms with van der Waals surface area (Å²) in [5, 5.41) is 16.7. The lowest BCUT2D eigenvalue weighted by atomic mass is 10.0. The molecule has 1 heterocycles. The molecule has 0 unspecified atom stereocenters. The molecule has 0 saturated carbocycles. The lowest BCUT2D eigenvalue weighted by Crippen LogP contribution is -2.26. The summed E-state index contributed by atoms with van der Waals surface area (Å²) < 4.78 is 11.2. The molecule has 4 rings (SSSR count). The van der Waals surface area contributed by atoms with Crippen molar-refractivity contribution >= 4 is 5.91 Å². The van der Waals surface area contributed by atoms with Gasteiger partial charge in [-0.3, -0.25) is 4.79 Å². The van der Waals surface area contributed by atoms with Crippen molar-refractivity contribution in [2.45, 2.75) is 52.2 Å². The van der Waals surface area contributed by atoms with E-state index in [1.807, 2.05) is 45.0 Å². The van der Waals surface area contributed by atoms with Gasteiger partial charge >= 0.3 is 0 Å². The van der Waals surface area contributed by atoms with Gasteiger partial charge in [-0.1, -0.05) is 30.3 Å². The normalized spacial score (nSPS) is 14.9. The molecule has 0 saturated heterocycles. The van der Waals surface area contributed by atoms with Crippen LogP contribution in [0.2, 0.25) is 0 Å². The van der Waals surface area contributed by atoms with E-state index >= 15 is 0 Å². The second kappa shape index (κ2) is 8.60. The number of amides is 1. The average Bonchev–Trinajstić information content (AvgIpc) is 3.41. The topological polar surface area (TPSA) is 101 Å². The third-order valence-corrected chi connectivity index (χ3v) is 5.30. The fourth-order valence-electron chi connectivity index (χ4n) is 3.87. The number of ether oxygens (including phenoxy) is 1. The van der Waals surface area contributed by atoms with E-state index in [9.17, 15) is 10.1 Å². The third kappa shape index (κ3) is 4.15. The van der Waals surface area contributed by atoms with Gasteiger partial charge in [0.05, 0.1) is 17.7 Å². The van der Waals surface area contributed by atoms with Gasteiger partial charge in [0.15, 0.2) is 0 Å². The first-order valence-electron chi connectivity index (χ1n) is 10.5. The van der Waals surface area contributed by atoms with Crippen LogP contribution in [0.1, 0.15) is 56.3 Å². The first kappa shape index (κ1) is 20.6. The largest absolute Gasteiger partial charge is 0.490 e. The summed E-state index contributed by atoms with van der Waals surface area (Å²) in [6, 6.07) is 13.4. The molecule has 0 spiro atoms. The lowest BCUT2D eigenvalue weighted by Gasteiger charge is -2.13. The predicted octanol–water partition coefficient (Wildman–Crippen LogP) is 4.58. The summed E-state index contributed by atoms with van der Waals surface area (Å²) in [5.74, 6) is 1.41. The van der Waals surface area contributed by atoms with Crippen LogP contribution in [0, 0.1) is 11.3 Å². The number of carbonyl (C=O) groups is 1. The maximum atomic E-state index is 11.8. The summed E-state index contributed by atoms with van der Waals surface area (Å²) >= 11 is 0. The molecule has 1 amide bonds. The van der Waals surface area contributed by atoms with Gasteiger partial charge in [0.25, 0.3) is 5.89 Å². The standard InChI is InChI=1S/C24H24N4O3/c1-4-22(29)26-20-10-9-17-18(20)6-5-7-19(17)23-27-24(31-28-23)15-8-11-21(30-14(2)3)16(12-15)13-25/h5-8,11-12,14,20H,4,9-10H2,1-3H3,(H,26,29)/t20-/m0/s1. The SMILES string of the molecule is CCC(=O)N[C@H]1CCc2c(-c3noc(-c4ccc(OC(C)C)c(C#N)c4)n3)cccc21. The molecular weight excluding hydrogens is 392 g/mol. The second-order valence-electron chi connectivity index (χ2n) is 7.80. The smallest absolute Gasteiger partial charge is 0.258 e. The van der Waals surface area contributed by atoms with Gasteiger partial charge < -0.3 is 14.6 Å². The first-order valence-corrected chi connectivity index (χ1v) is 10.5. The molecule has 2 aromatic carbocycles. The highest BCUT2D eigenvalue weighted by Crippen LogP contribution is 2.37. The molecule has 1 aromatic heterocycles. The molecule has 1 aliphatic carbocycles. The average molecular weight is 416 g/mol. The van der Waals surface area contributed by atoms with Crippen LogP contribution in [-0.2, 0) is 11.2 Å². The number of rotatable bonds is 6. The molecule has 31 heavy (non-hydrogen) atoms. The van der Waals surface area contributed by atoms with Gasteiger partial charge in [0.2, 0.25) is 11.7 Å². The van der Waals surface area contributed by atoms with Gasteiger partial charge in [-0.15, -0.1) is 0 Å². The van der Waals surface area contributed by atoms with Crippen molar-refractivity contribution in [2.24, 2.45) is 0 Å². The molecule has 1 atom stereocenters. The van der Waals surface area contributed by atoms with Crippen LogP contribution >= 0.6 is 0 Å². The summed E-state index contributed by atoms with van der Waals surface area (Å²) in [5.41, 5.74) is 4.22. The number of nitrogens with zero attached hydrogens (tertiary/aromatic N) is 3. The van der Waals surface area contributed by atoms with Crippen molar-refractivity contribution in [1.82, 2.24) is 15.5 Å². The third-order valence-electron chi connectivity index (χ3n) is 5.30. The lowest BCUT2D eigenvalue weighted by molar-refractivity contribution is -0.121. The van der Waals surface area contributed by atoms with E-state index in [0.717, 1.165) is 29.5 Å². The Morgan fingerprint density at radius 1 is 1.35 bits per heavy atom. The number of carbonyl (C=O) groups excluding carboxylic acids is 1. The van der Waals surface area contributed by atoms with Gasteiger partial charge in [-0.05, 0) is 56.0 Å². The van der Waals surface area contributed by atoms with Crippen molar-refractivity contribution in [1.29, 1.82) is 5.26 Å². The Morgan fingerprint density at radius 2 is 2.19 bits per heavy atom. The van der Waals surface area contributed by atoms with Gasteiger partial charge in [-0.25, -0.2) is 0 Å². The van der Waals surface area contributed by atoms with Crippen molar-refractivity contribution in [3.8, 4) is 34.7 Å². The Balaban J connectivity index is 1.64. The molecule has 1 aliphatic rings. The van der Waals surface area contributed by atoms with Crippen LogP contribution in [0.5, 0.6) is 5.75 Å². The van der Waals surface area contributed by atoms with Crippen LogP contribution < -0.4 is 10.1 Å². The van der Waals surface area contributed by atoms with E-state index < -0.39 is 0 Å². The molecule has 3 aromatic rings. The summed E-state index contributed by atoms with van der Waals surface area (Å²) in [6.45, 7) is 5.67. The zero-order chi connectivity index (χ0) is 22.0. The van der Waals surface area contributed by atoms with Gasteiger partial charge in [0.1, 0.15) is 11.8 Å². The first-order chi connectivity index (χ1) is 15.0. The Kier molecular flexibility index (Phi) is 5.72. The number of hydrogen-bond donors (Lipinski definition) is 1. The van der Waals surface area contributed by atoms with E-state index in [-0.39, 0.29) is 18.1 Å². The fourth-order valence-corrected chi connectivity index (χ4v) is 3.87. The minimum atomic E-state index is -0.0286. The number of nitriles is 1. The van der Waals surface area contributed by atoms with Crippen molar-refractivity contribution in [2.75, 3.05) is 0 Å². The molecule has 0 bridgehead atoms. The number of benzene rings is 2. The van der Waals surface area contributed by atoms with Crippen molar-refractivity contribution in [3.05, 3.63) is 53.1 Å². The van der Waals surface area contributed by atoms with E-state index in [1.54, 1.807) is 12.1 Å². The molecule has 158 valence electrons. The highest BCUT2D eigenvalue weighted by atomic mass is 16.5. The Bertz CT molecular complexity index is 1160. The maximum Gasteiger partial charge on any atom is 0.258 e. The molecule has 0 radical (unpaired) electrons. The van der Waals surface area contributed by atoms with Crippen LogP contribution in [0.25, 0.3) is 22.8 Å². The second-order valence-corrected chi connectivity index (χ2v) is 7.80. The molecule has 0 aliphatic heterocycles. The van der Waals surface area contributed by atoms with Crippen molar-refractivity contribution < 1.29 is 14.1 Å². The zero-order valence-corrected chi connectivity index (χ0v) is 17.8. The highest BCUT2D eigenvalue weighted by molar-refractivity contribution is 5.76. The van der Waals surface area contributed by atoms with Crippen LogP contribution in [-0.4, -0.2) is 22.2 Å². The van der Waals surface area contributed by atoms with E-state index in [4.69, 9.17) is 9.26 Å². The number of hydrogen-bond acceptors (Lipinski definition) is 6. The Labute approximate surface area is 181 Å².